The fourth-order valence-electron chi connectivity index (χ4n) is 9.41. The van der Waals surface area contributed by atoms with Crippen molar-refractivity contribution in [1.29, 1.82) is 0 Å². The maximum Gasteiger partial charge on any atom is 0.329 e. The summed E-state index contributed by atoms with van der Waals surface area (Å²) in [6, 6.07) is 19.3. The Bertz CT molecular complexity index is 2590. The van der Waals surface area contributed by atoms with Crippen molar-refractivity contribution in [3.63, 3.8) is 0 Å². The number of carbonyl (C=O) groups is 2. The highest BCUT2D eigenvalue weighted by atomic mass is 19.1. The molecule has 17 heteroatoms. The van der Waals surface area contributed by atoms with E-state index in [1.807, 2.05) is 29.9 Å². The molecule has 4 fully saturated rings. The SMILES string of the molecule is COc1cccc(Oc2ccc(-c3nn(C4CCC(N5CCN(C6CN(c7ccc8c(N9CCC(=O)NC9=O)nn(C)c8c7)C6)CC5)CC4)c4ncnc(N)c34)cc2)c1F. The molecule has 1 saturated carbocycles. The van der Waals surface area contributed by atoms with Gasteiger partial charge in [-0.1, -0.05) is 6.07 Å². The van der Waals surface area contributed by atoms with E-state index < -0.39 is 11.8 Å². The van der Waals surface area contributed by atoms with Crippen LogP contribution in [-0.2, 0) is 11.8 Å². The Morgan fingerprint density at radius 1 is 0.833 bits per heavy atom. The average molecular weight is 815 g/mol. The van der Waals surface area contributed by atoms with Crippen molar-refractivity contribution < 1.29 is 23.5 Å². The lowest BCUT2D eigenvalue weighted by Crippen LogP contribution is -2.64. The quantitative estimate of drug-likeness (QED) is 0.193. The minimum absolute atomic E-state index is 0.0818. The number of amides is 3. The monoisotopic (exact) mass is 814 g/mol. The van der Waals surface area contributed by atoms with Gasteiger partial charge in [-0.05, 0) is 80.3 Å². The van der Waals surface area contributed by atoms with Crippen molar-refractivity contribution in [2.45, 2.75) is 50.2 Å². The molecule has 0 atom stereocenters. The van der Waals surface area contributed by atoms with Gasteiger partial charge in [0.15, 0.2) is 23.0 Å². The lowest BCUT2D eigenvalue weighted by molar-refractivity contribution is -0.120. The molecular weight excluding hydrogens is 768 g/mol. The molecule has 0 unspecified atom stereocenters. The van der Waals surface area contributed by atoms with E-state index in [1.165, 1.54) is 13.4 Å². The Morgan fingerprint density at radius 3 is 2.28 bits per heavy atom. The zero-order valence-electron chi connectivity index (χ0n) is 33.6. The first-order chi connectivity index (χ1) is 29.2. The molecule has 3 aromatic carbocycles. The Balaban J connectivity index is 0.741. The van der Waals surface area contributed by atoms with Crippen LogP contribution in [0.3, 0.4) is 0 Å². The molecule has 6 heterocycles. The summed E-state index contributed by atoms with van der Waals surface area (Å²) in [6.07, 6.45) is 5.93. The van der Waals surface area contributed by atoms with Crippen LogP contribution in [0.4, 0.5) is 26.5 Å². The number of hydrogen-bond acceptors (Lipinski definition) is 12. The summed E-state index contributed by atoms with van der Waals surface area (Å²) in [7, 11) is 3.31. The summed E-state index contributed by atoms with van der Waals surface area (Å²) >= 11 is 0. The Hall–Kier alpha value is -6.33. The van der Waals surface area contributed by atoms with Crippen LogP contribution < -0.4 is 30.3 Å². The number of carbonyl (C=O) groups excluding carboxylic acids is 2. The van der Waals surface area contributed by atoms with Crippen molar-refractivity contribution in [1.82, 2.24) is 44.6 Å². The van der Waals surface area contributed by atoms with Crippen molar-refractivity contribution in [2.24, 2.45) is 7.05 Å². The highest BCUT2D eigenvalue weighted by molar-refractivity contribution is 6.09. The molecule has 3 amide bonds. The number of rotatable bonds is 9. The highest BCUT2D eigenvalue weighted by Crippen LogP contribution is 2.39. The molecule has 0 radical (unpaired) electrons. The number of ether oxygens (including phenoxy) is 2. The van der Waals surface area contributed by atoms with Crippen LogP contribution in [0.15, 0.2) is 67.0 Å². The van der Waals surface area contributed by atoms with Gasteiger partial charge < -0.3 is 20.1 Å². The highest BCUT2D eigenvalue weighted by Gasteiger charge is 2.37. The van der Waals surface area contributed by atoms with Crippen molar-refractivity contribution in [3.05, 3.63) is 72.8 Å². The van der Waals surface area contributed by atoms with Gasteiger partial charge in [0, 0.05) is 88.0 Å². The number of benzene rings is 3. The fourth-order valence-corrected chi connectivity index (χ4v) is 9.41. The maximum absolute atomic E-state index is 14.7. The minimum atomic E-state index is -0.557. The lowest BCUT2D eigenvalue weighted by atomic mass is 9.89. The van der Waals surface area contributed by atoms with Crippen LogP contribution in [0.2, 0.25) is 0 Å². The van der Waals surface area contributed by atoms with Gasteiger partial charge in [-0.15, -0.1) is 0 Å². The number of halogens is 1. The molecule has 4 aliphatic rings. The number of piperazine rings is 1. The molecule has 10 rings (SSSR count). The van der Waals surface area contributed by atoms with Gasteiger partial charge in [0.1, 0.15) is 23.6 Å². The molecule has 3 aliphatic heterocycles. The number of fused-ring (bicyclic) bond motifs is 2. The van der Waals surface area contributed by atoms with Crippen LogP contribution in [0, 0.1) is 5.82 Å². The second-order valence-electron chi connectivity index (χ2n) is 16.1. The van der Waals surface area contributed by atoms with Crippen LogP contribution in [-0.4, -0.2) is 116 Å². The molecule has 1 aliphatic carbocycles. The van der Waals surface area contributed by atoms with E-state index in [2.05, 4.69) is 51.9 Å². The Kier molecular flexibility index (Phi) is 9.71. The van der Waals surface area contributed by atoms with Crippen LogP contribution in [0.5, 0.6) is 17.2 Å². The van der Waals surface area contributed by atoms with Gasteiger partial charge in [-0.2, -0.15) is 14.6 Å². The zero-order valence-corrected chi connectivity index (χ0v) is 33.6. The van der Waals surface area contributed by atoms with Gasteiger partial charge >= 0.3 is 6.03 Å². The van der Waals surface area contributed by atoms with Crippen LogP contribution in [0.1, 0.15) is 38.1 Å². The van der Waals surface area contributed by atoms with Crippen LogP contribution in [0.25, 0.3) is 33.2 Å². The Labute approximate surface area is 345 Å². The van der Waals surface area contributed by atoms with E-state index in [1.54, 1.807) is 35.2 Å². The second kappa shape index (κ2) is 15.4. The molecule has 0 spiro atoms. The van der Waals surface area contributed by atoms with E-state index in [9.17, 15) is 14.0 Å². The summed E-state index contributed by atoms with van der Waals surface area (Å²) in [5.74, 6) is 0.834. The number of hydrogen-bond donors (Lipinski definition) is 2. The molecule has 3 saturated heterocycles. The Morgan fingerprint density at radius 2 is 1.55 bits per heavy atom. The largest absolute Gasteiger partial charge is 0.494 e. The molecule has 310 valence electrons. The third-order valence-corrected chi connectivity index (χ3v) is 12.8. The maximum atomic E-state index is 14.7. The van der Waals surface area contributed by atoms with Gasteiger partial charge in [0.05, 0.1) is 24.1 Å². The summed E-state index contributed by atoms with van der Waals surface area (Å²) in [5.41, 5.74) is 10.9. The molecule has 60 heavy (non-hydrogen) atoms. The predicted octanol–water partition coefficient (Wildman–Crippen LogP) is 5.34. The lowest BCUT2D eigenvalue weighted by Gasteiger charge is -2.50. The summed E-state index contributed by atoms with van der Waals surface area (Å²) in [6.45, 7) is 6.53. The summed E-state index contributed by atoms with van der Waals surface area (Å²) in [5, 5.41) is 13.8. The van der Waals surface area contributed by atoms with Gasteiger partial charge in [0.25, 0.3) is 0 Å². The number of urea groups is 1. The molecular formula is C43H47FN12O4. The minimum Gasteiger partial charge on any atom is -0.494 e. The first-order valence-electron chi connectivity index (χ1n) is 20.6. The van der Waals surface area contributed by atoms with E-state index in [-0.39, 0.29) is 29.9 Å². The number of nitrogens with one attached hydrogen (secondary N) is 1. The average Bonchev–Trinajstić information content (AvgIpc) is 3.80. The van der Waals surface area contributed by atoms with Gasteiger partial charge in [-0.25, -0.2) is 19.4 Å². The van der Waals surface area contributed by atoms with Crippen molar-refractivity contribution in [3.8, 4) is 28.5 Å². The number of nitrogens with zero attached hydrogens (tertiary/aromatic N) is 10. The molecule has 6 aromatic rings. The second-order valence-corrected chi connectivity index (χ2v) is 16.1. The number of aryl methyl sites for hydroxylation is 1. The number of imide groups is 1. The third kappa shape index (κ3) is 6.80. The molecule has 3 N–H and O–H groups in total. The normalized spacial score (nSPS) is 20.8. The van der Waals surface area contributed by atoms with Gasteiger partial charge in [0.2, 0.25) is 11.7 Å². The van der Waals surface area contributed by atoms with E-state index in [4.69, 9.17) is 20.3 Å². The van der Waals surface area contributed by atoms with E-state index in [0.717, 1.165) is 98.1 Å². The van der Waals surface area contributed by atoms with Crippen LogP contribution >= 0.6 is 0 Å². The fraction of sp³-hybridized carbons (Fsp3) is 0.395. The number of aromatic nitrogens is 6. The zero-order chi connectivity index (χ0) is 41.1. The summed E-state index contributed by atoms with van der Waals surface area (Å²) in [4.78, 5) is 42.4. The van der Waals surface area contributed by atoms with Crippen molar-refractivity contribution in [2.75, 3.05) is 68.5 Å². The number of methoxy groups -OCH3 is 1. The number of anilines is 3. The summed E-state index contributed by atoms with van der Waals surface area (Å²) < 4.78 is 29.5. The number of nitrogens with two attached hydrogens (primary N) is 1. The van der Waals surface area contributed by atoms with E-state index in [0.29, 0.717) is 41.7 Å². The first-order valence-corrected chi connectivity index (χ1v) is 20.6. The molecule has 16 nitrogen and oxygen atoms in total. The van der Waals surface area contributed by atoms with Gasteiger partial charge in [-0.3, -0.25) is 29.5 Å². The predicted molar refractivity (Wildman–Crippen MR) is 225 cm³/mol. The molecule has 0 bridgehead atoms. The molecule has 3 aromatic heterocycles. The number of nitrogen functional groups attached to an aromatic ring is 1. The van der Waals surface area contributed by atoms with Crippen molar-refractivity contribution >= 4 is 51.2 Å². The third-order valence-electron chi connectivity index (χ3n) is 12.8. The van der Waals surface area contributed by atoms with E-state index >= 15 is 0 Å². The standard InChI is InChI=1S/C43H47FN12O4/c1-51-33-22-29(12-15-32(33)41(50-51)55-17-16-36(57)48-43(55)58)54-23-30(24-54)53-20-18-52(19-21-53)27-8-10-28(11-9-27)56-42-37(40(45)46-25-47-42)39(49-56)26-6-13-31(14-7-26)60-35-5-3-4-34(59-2)38(35)44/h3-7,12-15,22,25,27-28,30H,8-11,16-21,23-24H2,1-2H3,(H2,45,46,47)(H,48,57,58). The first kappa shape index (κ1) is 37.9. The smallest absolute Gasteiger partial charge is 0.329 e. The topological polar surface area (TPSA) is 165 Å².